The molecule has 1 fully saturated rings. The molecule has 26 heavy (non-hydrogen) atoms. The van der Waals surface area contributed by atoms with Gasteiger partial charge in [0.25, 0.3) is 0 Å². The fourth-order valence-corrected chi connectivity index (χ4v) is 3.53. The Morgan fingerprint density at radius 1 is 1.15 bits per heavy atom. The molecule has 3 aromatic rings. The number of nitrogens with zero attached hydrogens (tertiary/aromatic N) is 3. The van der Waals surface area contributed by atoms with Crippen LogP contribution in [0, 0.1) is 19.8 Å². The number of nitrogens with one attached hydrogen (secondary N) is 1. The van der Waals surface area contributed by atoms with Gasteiger partial charge in [-0.2, -0.15) is 0 Å². The first kappa shape index (κ1) is 16.5. The second-order valence-electron chi connectivity index (χ2n) is 6.85. The van der Waals surface area contributed by atoms with Gasteiger partial charge in [0.1, 0.15) is 11.6 Å². The van der Waals surface area contributed by atoms with Crippen molar-refractivity contribution in [2.24, 2.45) is 5.92 Å². The van der Waals surface area contributed by atoms with Gasteiger partial charge in [-0.25, -0.2) is 9.97 Å². The Labute approximate surface area is 153 Å². The molecule has 2 atom stereocenters. The van der Waals surface area contributed by atoms with Crippen LogP contribution in [0.25, 0.3) is 5.82 Å². The van der Waals surface area contributed by atoms with Crippen molar-refractivity contribution in [2.75, 3.05) is 0 Å². The van der Waals surface area contributed by atoms with Gasteiger partial charge >= 0.3 is 0 Å². The van der Waals surface area contributed by atoms with Crippen molar-refractivity contribution in [1.82, 2.24) is 19.9 Å². The van der Waals surface area contributed by atoms with Gasteiger partial charge in [-0.05, 0) is 43.4 Å². The zero-order chi connectivity index (χ0) is 18.1. The lowest BCUT2D eigenvalue weighted by Gasteiger charge is -2.11. The number of benzene rings is 1. The van der Waals surface area contributed by atoms with Crippen molar-refractivity contribution in [3.05, 3.63) is 77.5 Å². The van der Waals surface area contributed by atoms with E-state index in [1.807, 2.05) is 42.0 Å². The normalized spacial score (nSPS) is 18.5. The van der Waals surface area contributed by atoms with Gasteiger partial charge in [0, 0.05) is 36.6 Å². The number of aromatic nitrogens is 3. The summed E-state index contributed by atoms with van der Waals surface area (Å²) in [5.41, 5.74) is 3.54. The summed E-state index contributed by atoms with van der Waals surface area (Å²) in [5.74, 6) is 2.23. The molecule has 1 N–H and O–H groups in total. The molecule has 0 aliphatic heterocycles. The minimum atomic E-state index is 0.0752. The molecule has 2 aromatic heterocycles. The molecule has 0 saturated heterocycles. The quantitative estimate of drug-likeness (QED) is 0.771. The summed E-state index contributed by atoms with van der Waals surface area (Å²) in [5, 5.41) is 3.09. The first-order valence-electron chi connectivity index (χ1n) is 8.92. The third-order valence-corrected chi connectivity index (χ3v) is 5.09. The van der Waals surface area contributed by atoms with E-state index < -0.39 is 0 Å². The fraction of sp³-hybridized carbons (Fsp3) is 0.286. The maximum absolute atomic E-state index is 12.6. The highest BCUT2D eigenvalue weighted by molar-refractivity contribution is 5.83. The van der Waals surface area contributed by atoms with E-state index in [0.29, 0.717) is 12.5 Å². The van der Waals surface area contributed by atoms with Gasteiger partial charge in [0.05, 0.1) is 0 Å². The molecule has 0 unspecified atom stereocenters. The van der Waals surface area contributed by atoms with E-state index >= 15 is 0 Å². The lowest BCUT2D eigenvalue weighted by atomic mass is 10.0. The number of amides is 1. The summed E-state index contributed by atoms with van der Waals surface area (Å²) in [7, 11) is 0. The van der Waals surface area contributed by atoms with E-state index in [2.05, 4.69) is 34.3 Å². The molecule has 0 bridgehead atoms. The molecule has 1 aliphatic rings. The first-order valence-corrected chi connectivity index (χ1v) is 8.92. The number of rotatable bonds is 5. The molecule has 0 radical (unpaired) electrons. The maximum Gasteiger partial charge on any atom is 0.224 e. The largest absolute Gasteiger partial charge is 0.352 e. The average molecular weight is 346 g/mol. The standard InChI is InChI=1S/C21H22N4O/c1-14-6-3-4-8-17(14)18-12-19(18)21(26)24-13-16-7-5-9-23-20(16)25-11-10-22-15(25)2/h3-11,18-19H,12-13H2,1-2H3,(H,24,26)/t18-,19-/m1/s1. The molecule has 1 saturated carbocycles. The van der Waals surface area contributed by atoms with Crippen molar-refractivity contribution in [3.8, 4) is 5.82 Å². The summed E-state index contributed by atoms with van der Waals surface area (Å²) in [6.45, 7) is 4.52. The highest BCUT2D eigenvalue weighted by atomic mass is 16.2. The zero-order valence-electron chi connectivity index (χ0n) is 15.0. The summed E-state index contributed by atoms with van der Waals surface area (Å²) in [6, 6.07) is 12.2. The first-order chi connectivity index (χ1) is 12.6. The fourth-order valence-electron chi connectivity index (χ4n) is 3.53. The predicted octanol–water partition coefficient (Wildman–Crippen LogP) is 3.30. The van der Waals surface area contributed by atoms with Crippen LogP contribution < -0.4 is 5.32 Å². The van der Waals surface area contributed by atoms with E-state index in [9.17, 15) is 4.79 Å². The lowest BCUT2D eigenvalue weighted by molar-refractivity contribution is -0.122. The summed E-state index contributed by atoms with van der Waals surface area (Å²) in [4.78, 5) is 21.3. The van der Waals surface area contributed by atoms with Gasteiger partial charge < -0.3 is 5.32 Å². The van der Waals surface area contributed by atoms with Crippen LogP contribution in [0.15, 0.2) is 55.0 Å². The Morgan fingerprint density at radius 3 is 2.77 bits per heavy atom. The van der Waals surface area contributed by atoms with E-state index in [-0.39, 0.29) is 11.8 Å². The molecular weight excluding hydrogens is 324 g/mol. The number of carbonyl (C=O) groups excluding carboxylic acids is 1. The number of imidazole rings is 1. The van der Waals surface area contributed by atoms with Crippen molar-refractivity contribution in [2.45, 2.75) is 32.7 Å². The molecular formula is C21H22N4O. The van der Waals surface area contributed by atoms with Crippen molar-refractivity contribution < 1.29 is 4.79 Å². The smallest absolute Gasteiger partial charge is 0.224 e. The van der Waals surface area contributed by atoms with Gasteiger partial charge in [-0.1, -0.05) is 30.3 Å². The van der Waals surface area contributed by atoms with Crippen LogP contribution in [0.1, 0.15) is 34.9 Å². The topological polar surface area (TPSA) is 59.8 Å². The van der Waals surface area contributed by atoms with E-state index in [1.54, 1.807) is 12.4 Å². The number of aryl methyl sites for hydroxylation is 2. The van der Waals surface area contributed by atoms with Crippen LogP contribution in [0.3, 0.4) is 0 Å². The van der Waals surface area contributed by atoms with Gasteiger partial charge in [0.2, 0.25) is 5.91 Å². The van der Waals surface area contributed by atoms with Crippen molar-refractivity contribution in [3.63, 3.8) is 0 Å². The summed E-state index contributed by atoms with van der Waals surface area (Å²) in [6.07, 6.45) is 6.33. The molecule has 0 spiro atoms. The van der Waals surface area contributed by atoms with Crippen LogP contribution in [-0.2, 0) is 11.3 Å². The Kier molecular flexibility index (Phi) is 4.29. The van der Waals surface area contributed by atoms with E-state index in [4.69, 9.17) is 0 Å². The molecule has 1 aliphatic carbocycles. The van der Waals surface area contributed by atoms with Crippen LogP contribution in [0.2, 0.25) is 0 Å². The number of pyridine rings is 1. The highest BCUT2D eigenvalue weighted by Gasteiger charge is 2.44. The molecule has 5 nitrogen and oxygen atoms in total. The minimum absolute atomic E-state index is 0.0752. The van der Waals surface area contributed by atoms with Crippen LogP contribution >= 0.6 is 0 Å². The second-order valence-corrected chi connectivity index (χ2v) is 6.85. The average Bonchev–Trinajstić information content (AvgIpc) is 3.34. The molecule has 4 rings (SSSR count). The highest BCUT2D eigenvalue weighted by Crippen LogP contribution is 2.48. The third kappa shape index (κ3) is 3.12. The monoisotopic (exact) mass is 346 g/mol. The molecule has 2 heterocycles. The predicted molar refractivity (Wildman–Crippen MR) is 100.0 cm³/mol. The Bertz CT molecular complexity index is 946. The molecule has 1 amide bonds. The molecule has 132 valence electrons. The summed E-state index contributed by atoms with van der Waals surface area (Å²) < 4.78 is 1.94. The summed E-state index contributed by atoms with van der Waals surface area (Å²) >= 11 is 0. The minimum Gasteiger partial charge on any atom is -0.352 e. The maximum atomic E-state index is 12.6. The third-order valence-electron chi connectivity index (χ3n) is 5.09. The number of hydrogen-bond donors (Lipinski definition) is 1. The van der Waals surface area contributed by atoms with Crippen LogP contribution in [0.5, 0.6) is 0 Å². The van der Waals surface area contributed by atoms with Crippen molar-refractivity contribution in [1.29, 1.82) is 0 Å². The van der Waals surface area contributed by atoms with Gasteiger partial charge in [-0.3, -0.25) is 9.36 Å². The van der Waals surface area contributed by atoms with E-state index in [1.165, 1.54) is 11.1 Å². The van der Waals surface area contributed by atoms with Crippen LogP contribution in [0.4, 0.5) is 0 Å². The van der Waals surface area contributed by atoms with Gasteiger partial charge in [0.15, 0.2) is 0 Å². The Balaban J connectivity index is 1.44. The Morgan fingerprint density at radius 2 is 2.00 bits per heavy atom. The van der Waals surface area contributed by atoms with Crippen molar-refractivity contribution >= 4 is 5.91 Å². The zero-order valence-corrected chi connectivity index (χ0v) is 15.0. The molecule has 5 heteroatoms. The van der Waals surface area contributed by atoms with Crippen LogP contribution in [-0.4, -0.2) is 20.4 Å². The lowest BCUT2D eigenvalue weighted by Crippen LogP contribution is -2.25. The number of hydrogen-bond acceptors (Lipinski definition) is 3. The van der Waals surface area contributed by atoms with E-state index in [0.717, 1.165) is 23.6 Å². The SMILES string of the molecule is Cc1ccccc1[C@H]1C[C@H]1C(=O)NCc1cccnc1-n1ccnc1C. The molecule has 1 aromatic carbocycles. The number of carbonyl (C=O) groups is 1. The second kappa shape index (κ2) is 6.75. The Hall–Kier alpha value is -2.95. The van der Waals surface area contributed by atoms with Gasteiger partial charge in [-0.15, -0.1) is 0 Å².